The zero-order chi connectivity index (χ0) is 11.4. The van der Waals surface area contributed by atoms with Crippen LogP contribution in [0.1, 0.15) is 50.1 Å². The first-order valence-electron chi connectivity index (χ1n) is 6.27. The van der Waals surface area contributed by atoms with Gasteiger partial charge in [-0.3, -0.25) is 0 Å². The van der Waals surface area contributed by atoms with Crippen molar-refractivity contribution < 1.29 is 0 Å². The lowest BCUT2D eigenvalue weighted by molar-refractivity contribution is 0.319. The average molecular weight is 238 g/mol. The fraction of sp³-hybridized carbons (Fsp3) is 0.571. The average Bonchev–Trinajstić information content (AvgIpc) is 2.30. The summed E-state index contributed by atoms with van der Waals surface area (Å²) in [4.78, 5) is 0. The lowest BCUT2D eigenvalue weighted by Crippen LogP contribution is -2.17. The van der Waals surface area contributed by atoms with E-state index >= 15 is 0 Å². The molecule has 0 radical (unpaired) electrons. The van der Waals surface area contributed by atoms with Crippen LogP contribution in [0, 0.1) is 5.92 Å². The van der Waals surface area contributed by atoms with Gasteiger partial charge in [-0.25, -0.2) is 0 Å². The van der Waals surface area contributed by atoms with Gasteiger partial charge in [-0.1, -0.05) is 55.8 Å². The molecule has 2 heteroatoms. The smallest absolute Gasteiger partial charge is 0.0409 e. The molecule has 2 rings (SSSR count). The van der Waals surface area contributed by atoms with Gasteiger partial charge in [0.05, 0.1) is 0 Å². The lowest BCUT2D eigenvalue weighted by atomic mass is 9.83. The fourth-order valence-electron chi connectivity index (χ4n) is 2.66. The molecule has 1 atom stereocenters. The van der Waals surface area contributed by atoms with E-state index in [1.54, 1.807) is 0 Å². The molecule has 1 saturated carbocycles. The first-order valence-corrected chi connectivity index (χ1v) is 6.64. The van der Waals surface area contributed by atoms with Crippen molar-refractivity contribution in [1.82, 2.24) is 0 Å². The monoisotopic (exact) mass is 237 g/mol. The van der Waals surface area contributed by atoms with Gasteiger partial charge in [-0.2, -0.15) is 0 Å². The molecule has 1 nitrogen and oxygen atoms in total. The molecule has 1 aliphatic carbocycles. The van der Waals surface area contributed by atoms with Gasteiger partial charge in [0, 0.05) is 11.1 Å². The molecule has 88 valence electrons. The normalized spacial score (nSPS) is 19.6. The molecular weight excluding hydrogens is 218 g/mol. The maximum Gasteiger partial charge on any atom is 0.0409 e. The summed E-state index contributed by atoms with van der Waals surface area (Å²) >= 11 is 5.98. The highest BCUT2D eigenvalue weighted by atomic mass is 35.5. The van der Waals surface area contributed by atoms with Crippen molar-refractivity contribution in [2.45, 2.75) is 44.6 Å². The third-order valence-corrected chi connectivity index (χ3v) is 3.82. The molecule has 0 amide bonds. The minimum atomic E-state index is 0.154. The lowest BCUT2D eigenvalue weighted by Gasteiger charge is -2.24. The Morgan fingerprint density at radius 3 is 2.69 bits per heavy atom. The van der Waals surface area contributed by atoms with E-state index < -0.39 is 0 Å². The van der Waals surface area contributed by atoms with Crippen LogP contribution in [0.4, 0.5) is 0 Å². The van der Waals surface area contributed by atoms with Gasteiger partial charge >= 0.3 is 0 Å². The Morgan fingerprint density at radius 1 is 1.25 bits per heavy atom. The summed E-state index contributed by atoms with van der Waals surface area (Å²) < 4.78 is 0. The Labute approximate surface area is 103 Å². The molecule has 1 aliphatic rings. The fourth-order valence-corrected chi connectivity index (χ4v) is 2.85. The summed E-state index contributed by atoms with van der Waals surface area (Å²) in [7, 11) is 0. The van der Waals surface area contributed by atoms with Gasteiger partial charge in [-0.15, -0.1) is 0 Å². The molecule has 0 spiro atoms. The molecule has 0 bridgehead atoms. The van der Waals surface area contributed by atoms with Crippen molar-refractivity contribution in [1.29, 1.82) is 0 Å². The molecule has 1 aromatic carbocycles. The number of benzene rings is 1. The molecule has 0 saturated heterocycles. The highest BCUT2D eigenvalue weighted by Gasteiger charge is 2.17. The highest BCUT2D eigenvalue weighted by molar-refractivity contribution is 6.30. The van der Waals surface area contributed by atoms with Gasteiger partial charge in [0.1, 0.15) is 0 Å². The summed E-state index contributed by atoms with van der Waals surface area (Å²) in [6.45, 7) is 0. The van der Waals surface area contributed by atoms with Crippen molar-refractivity contribution in [3.8, 4) is 0 Å². The minimum absolute atomic E-state index is 0.154. The molecule has 0 heterocycles. The van der Waals surface area contributed by atoms with Crippen LogP contribution < -0.4 is 5.73 Å². The van der Waals surface area contributed by atoms with Crippen LogP contribution in [0.25, 0.3) is 0 Å². The molecule has 1 unspecified atom stereocenters. The van der Waals surface area contributed by atoms with Crippen LogP contribution in [0.2, 0.25) is 5.02 Å². The molecular formula is C14H20ClN. The van der Waals surface area contributed by atoms with Crippen molar-refractivity contribution in [2.24, 2.45) is 11.7 Å². The maximum absolute atomic E-state index is 6.24. The number of nitrogens with two attached hydrogens (primary N) is 1. The number of rotatable bonds is 3. The third-order valence-electron chi connectivity index (χ3n) is 3.59. The number of hydrogen-bond acceptors (Lipinski definition) is 1. The second kappa shape index (κ2) is 5.70. The first-order chi connectivity index (χ1) is 7.75. The molecule has 1 aromatic rings. The molecule has 16 heavy (non-hydrogen) atoms. The molecule has 2 N–H and O–H groups in total. The molecule has 0 aliphatic heterocycles. The first kappa shape index (κ1) is 11.9. The second-order valence-corrected chi connectivity index (χ2v) is 5.34. The van der Waals surface area contributed by atoms with Crippen LogP contribution in [-0.2, 0) is 0 Å². The largest absolute Gasteiger partial charge is 0.324 e. The quantitative estimate of drug-likeness (QED) is 0.833. The standard InChI is InChI=1S/C14H20ClN/c15-13-8-4-7-12(10-13)14(16)9-11-5-2-1-3-6-11/h4,7-8,10-11,14H,1-3,5-6,9,16H2. The summed E-state index contributed by atoms with van der Waals surface area (Å²) in [5, 5.41) is 0.789. The zero-order valence-electron chi connectivity index (χ0n) is 9.66. The van der Waals surface area contributed by atoms with Gasteiger partial charge in [0.2, 0.25) is 0 Å². The highest BCUT2D eigenvalue weighted by Crippen LogP contribution is 2.31. The molecule has 0 aromatic heterocycles. The summed E-state index contributed by atoms with van der Waals surface area (Å²) in [5.74, 6) is 0.822. The maximum atomic E-state index is 6.24. The van der Waals surface area contributed by atoms with Crippen LogP contribution in [0.3, 0.4) is 0 Å². The number of halogens is 1. The number of hydrogen-bond donors (Lipinski definition) is 1. The summed E-state index contributed by atoms with van der Waals surface area (Å²) in [6.07, 6.45) is 7.99. The van der Waals surface area contributed by atoms with E-state index in [1.807, 2.05) is 18.2 Å². The minimum Gasteiger partial charge on any atom is -0.324 e. The van der Waals surface area contributed by atoms with Crippen molar-refractivity contribution >= 4 is 11.6 Å². The van der Waals surface area contributed by atoms with E-state index in [-0.39, 0.29) is 6.04 Å². The third kappa shape index (κ3) is 3.23. The summed E-state index contributed by atoms with van der Waals surface area (Å²) in [5.41, 5.74) is 7.41. The van der Waals surface area contributed by atoms with Gasteiger partial charge < -0.3 is 5.73 Å². The van der Waals surface area contributed by atoms with E-state index in [2.05, 4.69) is 6.07 Å². The van der Waals surface area contributed by atoms with E-state index in [1.165, 1.54) is 37.7 Å². The van der Waals surface area contributed by atoms with Gasteiger partial charge in [0.25, 0.3) is 0 Å². The zero-order valence-corrected chi connectivity index (χ0v) is 10.4. The SMILES string of the molecule is NC(CC1CCCCC1)c1cccc(Cl)c1. The Morgan fingerprint density at radius 2 is 2.00 bits per heavy atom. The van der Waals surface area contributed by atoms with Crippen molar-refractivity contribution in [3.05, 3.63) is 34.9 Å². The topological polar surface area (TPSA) is 26.0 Å². The second-order valence-electron chi connectivity index (χ2n) is 4.90. The van der Waals surface area contributed by atoms with E-state index in [0.29, 0.717) is 0 Å². The van der Waals surface area contributed by atoms with Gasteiger partial charge in [0.15, 0.2) is 0 Å². The van der Waals surface area contributed by atoms with Crippen molar-refractivity contribution in [2.75, 3.05) is 0 Å². The Balaban J connectivity index is 1.94. The van der Waals surface area contributed by atoms with Crippen LogP contribution in [0.5, 0.6) is 0 Å². The Bertz CT molecular complexity index is 331. The van der Waals surface area contributed by atoms with E-state index in [9.17, 15) is 0 Å². The van der Waals surface area contributed by atoms with Crippen LogP contribution in [0.15, 0.2) is 24.3 Å². The Hall–Kier alpha value is -0.530. The molecule has 1 fully saturated rings. The van der Waals surface area contributed by atoms with Crippen LogP contribution in [-0.4, -0.2) is 0 Å². The van der Waals surface area contributed by atoms with E-state index in [4.69, 9.17) is 17.3 Å². The predicted molar refractivity (Wildman–Crippen MR) is 69.6 cm³/mol. The van der Waals surface area contributed by atoms with Crippen LogP contribution >= 0.6 is 11.6 Å². The van der Waals surface area contributed by atoms with E-state index in [0.717, 1.165) is 17.4 Å². The predicted octanol–water partition coefficient (Wildman–Crippen LogP) is 4.31. The summed E-state index contributed by atoms with van der Waals surface area (Å²) in [6, 6.07) is 8.12. The van der Waals surface area contributed by atoms with Gasteiger partial charge in [-0.05, 0) is 30.0 Å². The Kier molecular flexibility index (Phi) is 4.25. The van der Waals surface area contributed by atoms with Crippen molar-refractivity contribution in [3.63, 3.8) is 0 Å².